The lowest BCUT2D eigenvalue weighted by molar-refractivity contribution is -0.137. The van der Waals surface area contributed by atoms with Crippen molar-refractivity contribution in [2.75, 3.05) is 11.9 Å². The number of hydrogen-bond acceptors (Lipinski definition) is 6. The molecule has 0 saturated heterocycles. The molecule has 0 aliphatic carbocycles. The summed E-state index contributed by atoms with van der Waals surface area (Å²) in [6.45, 7) is 3.61. The van der Waals surface area contributed by atoms with Gasteiger partial charge < -0.3 is 14.2 Å². The van der Waals surface area contributed by atoms with Crippen LogP contribution in [0.3, 0.4) is 0 Å². The minimum absolute atomic E-state index is 0.0133. The van der Waals surface area contributed by atoms with Gasteiger partial charge in [-0.3, -0.25) is 4.79 Å². The van der Waals surface area contributed by atoms with E-state index in [1.54, 1.807) is 25.1 Å². The van der Waals surface area contributed by atoms with Crippen LogP contribution in [0.15, 0.2) is 75.6 Å². The fraction of sp³-hybridized carbons (Fsp3) is 0.154. The molecule has 1 N–H and O–H groups in total. The Morgan fingerprint density at radius 3 is 2.42 bits per heavy atom. The first-order valence-corrected chi connectivity index (χ1v) is 13.1. The molecule has 0 heterocycles. The summed E-state index contributed by atoms with van der Waals surface area (Å²) in [5.74, 6) is -1.07. The van der Waals surface area contributed by atoms with Gasteiger partial charge in [-0.2, -0.15) is 26.9 Å². The largest absolute Gasteiger partial charge is 0.490 e. The van der Waals surface area contributed by atoms with Crippen molar-refractivity contribution in [2.24, 2.45) is 0 Å². The van der Waals surface area contributed by atoms with Gasteiger partial charge in [0.2, 0.25) is 0 Å². The van der Waals surface area contributed by atoms with Crippen molar-refractivity contribution in [1.29, 1.82) is 5.26 Å². The normalized spacial score (nSPS) is 12.0. The van der Waals surface area contributed by atoms with Crippen molar-refractivity contribution in [2.45, 2.75) is 24.9 Å². The number of nitrogens with one attached hydrogen (secondary N) is 1. The Labute approximate surface area is 225 Å². The highest BCUT2D eigenvalue weighted by molar-refractivity contribution is 9.10. The van der Waals surface area contributed by atoms with Crippen LogP contribution in [0.5, 0.6) is 11.5 Å². The van der Waals surface area contributed by atoms with E-state index < -0.39 is 33.3 Å². The van der Waals surface area contributed by atoms with Crippen LogP contribution < -0.4 is 14.2 Å². The van der Waals surface area contributed by atoms with Gasteiger partial charge in [0.1, 0.15) is 16.5 Å². The Kier molecular flexibility index (Phi) is 8.85. The Morgan fingerprint density at radius 1 is 1.13 bits per heavy atom. The molecule has 0 spiro atoms. The monoisotopic (exact) mass is 608 g/mol. The number of anilines is 1. The van der Waals surface area contributed by atoms with Gasteiger partial charge in [-0.1, -0.05) is 23.8 Å². The zero-order valence-electron chi connectivity index (χ0n) is 20.0. The van der Waals surface area contributed by atoms with E-state index in [9.17, 15) is 31.6 Å². The summed E-state index contributed by atoms with van der Waals surface area (Å²) in [6.07, 6.45) is -3.43. The van der Waals surface area contributed by atoms with Gasteiger partial charge in [-0.15, -0.1) is 0 Å². The lowest BCUT2D eigenvalue weighted by atomic mass is 10.1. The smallest absolute Gasteiger partial charge is 0.416 e. The molecule has 0 saturated carbocycles. The van der Waals surface area contributed by atoms with Crippen LogP contribution in [0.2, 0.25) is 0 Å². The van der Waals surface area contributed by atoms with E-state index in [1.807, 2.05) is 6.92 Å². The average Bonchev–Trinajstić information content (AvgIpc) is 2.84. The van der Waals surface area contributed by atoms with E-state index in [-0.39, 0.29) is 38.7 Å². The molecule has 0 aromatic heterocycles. The van der Waals surface area contributed by atoms with Crippen LogP contribution in [-0.4, -0.2) is 20.9 Å². The van der Waals surface area contributed by atoms with Crippen molar-refractivity contribution >= 4 is 43.7 Å². The number of hydrogen-bond donors (Lipinski definition) is 1. The molecule has 0 unspecified atom stereocenters. The molecule has 0 radical (unpaired) electrons. The number of alkyl halides is 3. The molecule has 0 fully saturated rings. The summed E-state index contributed by atoms with van der Waals surface area (Å²) >= 11 is 3.25. The number of amides is 1. The number of rotatable bonds is 8. The Morgan fingerprint density at radius 2 is 1.82 bits per heavy atom. The maximum Gasteiger partial charge on any atom is 0.416 e. The molecule has 0 aliphatic rings. The number of carbonyl (C=O) groups is 1. The number of benzene rings is 3. The predicted octanol–water partition coefficient (Wildman–Crippen LogP) is 6.49. The van der Waals surface area contributed by atoms with E-state index in [2.05, 4.69) is 21.2 Å². The predicted molar refractivity (Wildman–Crippen MR) is 138 cm³/mol. The molecular weight excluding hydrogens is 589 g/mol. The van der Waals surface area contributed by atoms with Crippen molar-refractivity contribution in [3.05, 3.63) is 87.4 Å². The molecule has 1 amide bonds. The summed E-state index contributed by atoms with van der Waals surface area (Å²) in [5, 5.41) is 11.8. The minimum Gasteiger partial charge on any atom is -0.490 e. The molecule has 7 nitrogen and oxygen atoms in total. The third-order valence-corrected chi connectivity index (χ3v) is 6.78. The minimum atomic E-state index is -4.60. The summed E-state index contributed by atoms with van der Waals surface area (Å²) < 4.78 is 75.5. The molecule has 0 bridgehead atoms. The van der Waals surface area contributed by atoms with Crippen molar-refractivity contribution < 1.29 is 35.3 Å². The molecule has 3 rings (SSSR count). The summed E-state index contributed by atoms with van der Waals surface area (Å²) in [4.78, 5) is 12.5. The van der Waals surface area contributed by atoms with Crippen LogP contribution >= 0.6 is 15.9 Å². The molecule has 38 heavy (non-hydrogen) atoms. The quantitative estimate of drug-likeness (QED) is 0.178. The number of halogens is 4. The topological polar surface area (TPSA) is 105 Å². The second-order valence-electron chi connectivity index (χ2n) is 7.82. The Hall–Kier alpha value is -3.82. The highest BCUT2D eigenvalue weighted by Gasteiger charge is 2.30. The number of carbonyl (C=O) groups excluding carboxylic acids is 1. The van der Waals surface area contributed by atoms with Crippen molar-refractivity contribution in [1.82, 2.24) is 0 Å². The maximum atomic E-state index is 13.0. The number of aryl methyl sites for hydroxylation is 1. The van der Waals surface area contributed by atoms with E-state index in [0.29, 0.717) is 0 Å². The SMILES string of the molecule is CCOc1cc(/C=C(\C#N)C(=O)Nc2cccc(C(F)(F)F)c2)cc(Br)c1OS(=O)(=O)c1ccc(C)cc1. The first-order valence-electron chi connectivity index (χ1n) is 10.9. The first kappa shape index (κ1) is 28.7. The van der Waals surface area contributed by atoms with Gasteiger partial charge in [0.15, 0.2) is 11.5 Å². The van der Waals surface area contributed by atoms with Gasteiger partial charge in [0, 0.05) is 5.69 Å². The van der Waals surface area contributed by atoms with E-state index in [4.69, 9.17) is 8.92 Å². The van der Waals surface area contributed by atoms with E-state index in [1.165, 1.54) is 36.4 Å². The molecule has 0 atom stereocenters. The fourth-order valence-corrected chi connectivity index (χ4v) is 4.77. The molecule has 0 aliphatic heterocycles. The second-order valence-corrected chi connectivity index (χ2v) is 10.2. The van der Waals surface area contributed by atoms with Gasteiger partial charge in [0.25, 0.3) is 5.91 Å². The Balaban J connectivity index is 1.92. The van der Waals surface area contributed by atoms with Crippen LogP contribution in [0.25, 0.3) is 6.08 Å². The van der Waals surface area contributed by atoms with Gasteiger partial charge in [-0.25, -0.2) is 0 Å². The molecular formula is C26H20BrF3N2O5S. The lowest BCUT2D eigenvalue weighted by Gasteiger charge is -2.15. The van der Waals surface area contributed by atoms with Gasteiger partial charge >= 0.3 is 16.3 Å². The molecule has 3 aromatic rings. The zero-order valence-corrected chi connectivity index (χ0v) is 22.4. The second kappa shape index (κ2) is 11.7. The first-order chi connectivity index (χ1) is 17.8. The molecule has 198 valence electrons. The van der Waals surface area contributed by atoms with E-state index >= 15 is 0 Å². The van der Waals surface area contributed by atoms with Crippen molar-refractivity contribution in [3.63, 3.8) is 0 Å². The average molecular weight is 609 g/mol. The molecule has 12 heteroatoms. The van der Waals surface area contributed by atoms with Gasteiger partial charge in [0.05, 0.1) is 16.6 Å². The summed E-state index contributed by atoms with van der Waals surface area (Å²) in [5.41, 5.74) is -0.401. The highest BCUT2D eigenvalue weighted by Crippen LogP contribution is 2.39. The summed E-state index contributed by atoms with van der Waals surface area (Å²) in [6, 6.07) is 14.5. The summed E-state index contributed by atoms with van der Waals surface area (Å²) in [7, 11) is -4.22. The number of ether oxygens (including phenoxy) is 1. The lowest BCUT2D eigenvalue weighted by Crippen LogP contribution is -2.14. The van der Waals surface area contributed by atoms with Crippen LogP contribution in [0, 0.1) is 18.3 Å². The highest BCUT2D eigenvalue weighted by atomic mass is 79.9. The molecule has 3 aromatic carbocycles. The van der Waals surface area contributed by atoms with Gasteiger partial charge in [-0.05, 0) is 83.9 Å². The van der Waals surface area contributed by atoms with E-state index in [0.717, 1.165) is 23.8 Å². The number of nitrogens with zero attached hydrogens (tertiary/aromatic N) is 1. The third kappa shape index (κ3) is 7.14. The maximum absolute atomic E-state index is 13.0. The number of nitriles is 1. The third-order valence-electron chi connectivity index (χ3n) is 4.96. The Bertz CT molecular complexity index is 1530. The van der Waals surface area contributed by atoms with Crippen LogP contribution in [0.1, 0.15) is 23.6 Å². The van der Waals surface area contributed by atoms with Crippen molar-refractivity contribution in [3.8, 4) is 17.6 Å². The fourth-order valence-electron chi connectivity index (χ4n) is 3.16. The standard InChI is InChI=1S/C26H20BrF3N2O5S/c1-3-36-23-13-17(12-22(27)24(23)37-38(34,35)21-9-7-16(2)8-10-21)11-18(15-31)25(33)32-20-6-4-5-19(14-20)26(28,29)30/h4-14H,3H2,1-2H3,(H,32,33)/b18-11+. The van der Waals surface area contributed by atoms with Crippen LogP contribution in [-0.2, 0) is 21.1 Å². The van der Waals surface area contributed by atoms with Crippen LogP contribution in [0.4, 0.5) is 18.9 Å². The zero-order chi connectivity index (χ0) is 28.1.